The summed E-state index contributed by atoms with van der Waals surface area (Å²) in [5.41, 5.74) is 0. The monoisotopic (exact) mass is 206 g/mol. The Kier molecular flexibility index (Phi) is 75.4. The molecule has 0 spiro atoms. The topological polar surface area (TPSA) is 0 Å². The third-order valence-electron chi connectivity index (χ3n) is 0. The summed E-state index contributed by atoms with van der Waals surface area (Å²) in [6.07, 6.45) is 3.00. The van der Waals surface area contributed by atoms with Crippen LogP contribution >= 0.6 is 0 Å². The molecule has 0 aromatic carbocycles. The first-order chi connectivity index (χ1) is 2.83. The smallest absolute Gasteiger partial charge is 0 e. The van der Waals surface area contributed by atoms with E-state index in [9.17, 15) is 0 Å². The van der Waals surface area contributed by atoms with Crippen LogP contribution < -0.4 is 0 Å². The molecule has 0 aromatic heterocycles. The molecule has 42 valence electrons. The van der Waals surface area contributed by atoms with Crippen LogP contribution in [-0.4, -0.2) is 23.9 Å². The van der Waals surface area contributed by atoms with Gasteiger partial charge in [0, 0.05) is 26.8 Å². The van der Waals surface area contributed by atoms with Gasteiger partial charge in [-0.2, -0.15) is 0 Å². The second-order valence-corrected chi connectivity index (χ2v) is 0.577. The first-order valence-electron chi connectivity index (χ1n) is 1.63. The van der Waals surface area contributed by atoms with E-state index in [1.54, 1.807) is 0 Å². The Balaban J connectivity index is -0.00000000889. The molecule has 0 nitrogen and oxygen atoms in total. The zero-order chi connectivity index (χ0) is 5.41. The minimum absolute atomic E-state index is 0. The van der Waals surface area contributed by atoms with Crippen LogP contribution in [0, 0.1) is 13.8 Å². The molecule has 0 atom stereocenters. The quantitative estimate of drug-likeness (QED) is 0.531. The predicted molar refractivity (Wildman–Crippen MR) is 41.1 cm³/mol. The summed E-state index contributed by atoms with van der Waals surface area (Å²) in [4.78, 5) is 0. The third kappa shape index (κ3) is 1480. The van der Waals surface area contributed by atoms with Gasteiger partial charge in [0.25, 0.3) is 0 Å². The van der Waals surface area contributed by atoms with Crippen molar-refractivity contribution in [2.75, 3.05) is 0 Å². The summed E-state index contributed by atoms with van der Waals surface area (Å²) in [5.74, 6) is 0. The minimum atomic E-state index is 0. The van der Waals surface area contributed by atoms with Gasteiger partial charge in [0.1, 0.15) is 0 Å². The predicted octanol–water partition coefficient (Wildman–Crippen LogP) is 2.12. The molecule has 0 aromatic rings. The first-order valence-corrected chi connectivity index (χ1v) is 1.63. The summed E-state index contributed by atoms with van der Waals surface area (Å²) >= 11 is 0. The molecule has 0 saturated carbocycles. The molecule has 0 aliphatic carbocycles. The van der Waals surface area contributed by atoms with Crippen molar-refractivity contribution < 1.29 is 2.85 Å². The largest absolute Gasteiger partial charge is 0.103 e. The van der Waals surface area contributed by atoms with Gasteiger partial charge < -0.3 is 0 Å². The first kappa shape index (κ1) is 15.7. The fourth-order valence-corrected chi connectivity index (χ4v) is 0. The SMILES string of the molecule is [CH2]C=C.[CH2]C=C.[HH].[HH].[Sn]. The maximum absolute atomic E-state index is 3.25. The summed E-state index contributed by atoms with van der Waals surface area (Å²) in [7, 11) is 0. The normalized spacial score (nSPS) is 3.71. The van der Waals surface area contributed by atoms with Crippen molar-refractivity contribution >= 4 is 23.9 Å². The van der Waals surface area contributed by atoms with Gasteiger partial charge in [0.15, 0.2) is 0 Å². The van der Waals surface area contributed by atoms with Gasteiger partial charge in [-0.1, -0.05) is 12.2 Å². The van der Waals surface area contributed by atoms with E-state index < -0.39 is 0 Å². The Morgan fingerprint density at radius 2 is 1.00 bits per heavy atom. The van der Waals surface area contributed by atoms with Gasteiger partial charge in [0.05, 0.1) is 0 Å². The van der Waals surface area contributed by atoms with E-state index in [1.807, 2.05) is 0 Å². The zero-order valence-electron chi connectivity index (χ0n) is 4.48. The Labute approximate surface area is 66.2 Å². The van der Waals surface area contributed by atoms with Crippen LogP contribution in [0.2, 0.25) is 0 Å². The summed E-state index contributed by atoms with van der Waals surface area (Å²) in [6.45, 7) is 13.0. The number of hydrogen-bond donors (Lipinski definition) is 0. The standard InChI is InChI=1S/2C3H5.Sn.2H2/c2*1-3-2;;;/h2*3H,1-2H2;;2*1H. The van der Waals surface area contributed by atoms with Gasteiger partial charge in [-0.25, -0.2) is 0 Å². The molecule has 0 fully saturated rings. The maximum Gasteiger partial charge on any atom is 0 e. The van der Waals surface area contributed by atoms with Crippen molar-refractivity contribution in [2.45, 2.75) is 0 Å². The van der Waals surface area contributed by atoms with Crippen LogP contribution in [0.5, 0.6) is 0 Å². The number of allylic oxidation sites excluding steroid dienone is 2. The van der Waals surface area contributed by atoms with Crippen molar-refractivity contribution in [1.29, 1.82) is 0 Å². The summed E-state index contributed by atoms with van der Waals surface area (Å²) < 4.78 is 0. The van der Waals surface area contributed by atoms with Crippen LogP contribution in [0.4, 0.5) is 0 Å². The van der Waals surface area contributed by atoms with Gasteiger partial charge in [-0.3, -0.25) is 0 Å². The Morgan fingerprint density at radius 3 is 1.00 bits per heavy atom. The average Bonchev–Trinajstić information content (AvgIpc) is 1.39. The molecule has 0 N–H and O–H groups in total. The molecule has 0 bridgehead atoms. The van der Waals surface area contributed by atoms with Gasteiger partial charge in [-0.05, 0) is 13.8 Å². The molecule has 0 aliphatic heterocycles. The molecular weight excluding hydrogens is 191 g/mol. The van der Waals surface area contributed by atoms with E-state index in [4.69, 9.17) is 0 Å². The molecule has 0 rings (SSSR count). The van der Waals surface area contributed by atoms with Gasteiger partial charge in [-0.15, -0.1) is 13.2 Å². The second-order valence-electron chi connectivity index (χ2n) is 0.577. The van der Waals surface area contributed by atoms with E-state index in [1.165, 1.54) is 12.2 Å². The molecule has 1 heteroatoms. The minimum Gasteiger partial charge on any atom is -0.103 e. The second kappa shape index (κ2) is 33.7. The zero-order valence-corrected chi connectivity index (χ0v) is 7.34. The van der Waals surface area contributed by atoms with Crippen LogP contribution in [0.15, 0.2) is 25.3 Å². The van der Waals surface area contributed by atoms with Crippen molar-refractivity contribution in [3.63, 3.8) is 0 Å². The van der Waals surface area contributed by atoms with Gasteiger partial charge in [0.2, 0.25) is 0 Å². The fraction of sp³-hybridized carbons (Fsp3) is 0. The molecule has 0 unspecified atom stereocenters. The van der Waals surface area contributed by atoms with E-state index in [0.717, 1.165) is 0 Å². The number of rotatable bonds is 0. The molecule has 0 aliphatic rings. The van der Waals surface area contributed by atoms with Crippen LogP contribution in [-0.2, 0) is 0 Å². The van der Waals surface area contributed by atoms with E-state index in [0.29, 0.717) is 0 Å². The van der Waals surface area contributed by atoms with Crippen molar-refractivity contribution in [3.8, 4) is 0 Å². The molecule has 0 amide bonds. The van der Waals surface area contributed by atoms with E-state index >= 15 is 0 Å². The van der Waals surface area contributed by atoms with Crippen LogP contribution in [0.25, 0.3) is 0 Å². The van der Waals surface area contributed by atoms with Crippen molar-refractivity contribution in [2.24, 2.45) is 0 Å². The average molecular weight is 205 g/mol. The Morgan fingerprint density at radius 1 is 1.00 bits per heavy atom. The molecule has 0 saturated heterocycles. The van der Waals surface area contributed by atoms with E-state index in [2.05, 4.69) is 27.0 Å². The van der Waals surface area contributed by atoms with Crippen LogP contribution in [0.3, 0.4) is 0 Å². The molecule has 7 heavy (non-hydrogen) atoms. The molecular formula is C6H14Sn. The molecule has 0 heterocycles. The Bertz CT molecular complexity index is 32.0. The fourth-order valence-electron chi connectivity index (χ4n) is 0. The summed E-state index contributed by atoms with van der Waals surface area (Å²) in [6, 6.07) is 0. The summed E-state index contributed by atoms with van der Waals surface area (Å²) in [5, 5.41) is 0. The number of hydrogen-bond acceptors (Lipinski definition) is 0. The van der Waals surface area contributed by atoms with Crippen LogP contribution in [0.1, 0.15) is 2.85 Å². The van der Waals surface area contributed by atoms with Gasteiger partial charge >= 0.3 is 0 Å². The Hall–Kier alpha value is 0.279. The van der Waals surface area contributed by atoms with Crippen molar-refractivity contribution in [1.82, 2.24) is 0 Å². The molecule has 6 radical (unpaired) electrons. The van der Waals surface area contributed by atoms with Crippen molar-refractivity contribution in [3.05, 3.63) is 39.2 Å². The third-order valence-corrected chi connectivity index (χ3v) is 0. The maximum atomic E-state index is 3.25. The van der Waals surface area contributed by atoms with E-state index in [-0.39, 0.29) is 26.8 Å².